The van der Waals surface area contributed by atoms with Gasteiger partial charge in [0.2, 0.25) is 0 Å². The minimum Gasteiger partial charge on any atom is -0.327 e. The average Bonchev–Trinajstić information content (AvgIpc) is 3.27. The number of benzene rings is 1. The molecule has 2 unspecified atom stereocenters. The maximum absolute atomic E-state index is 14.3. The molecule has 0 saturated heterocycles. The lowest BCUT2D eigenvalue weighted by atomic mass is 9.80. The summed E-state index contributed by atoms with van der Waals surface area (Å²) in [5, 5.41) is 3.66. The van der Waals surface area contributed by atoms with Crippen molar-refractivity contribution in [1.29, 1.82) is 0 Å². The van der Waals surface area contributed by atoms with Gasteiger partial charge >= 0.3 is 5.76 Å². The van der Waals surface area contributed by atoms with Crippen LogP contribution in [0.4, 0.5) is 13.2 Å². The van der Waals surface area contributed by atoms with E-state index < -0.39 is 35.2 Å². The summed E-state index contributed by atoms with van der Waals surface area (Å²) in [4.78, 5) is 18.2. The van der Waals surface area contributed by atoms with Gasteiger partial charge in [0.25, 0.3) is 0 Å². The van der Waals surface area contributed by atoms with E-state index in [1.807, 2.05) is 4.40 Å². The molecule has 3 heterocycles. The Balaban J connectivity index is 1.56. The molecule has 2 atom stereocenters. The number of aromatic amines is 1. The highest BCUT2D eigenvalue weighted by Crippen LogP contribution is 2.34. The van der Waals surface area contributed by atoms with Crippen LogP contribution in [0.1, 0.15) is 22.9 Å². The normalized spacial score (nSPS) is 18.9. The molecule has 3 N–H and O–H groups in total. The lowest BCUT2D eigenvalue weighted by molar-refractivity contribution is 0.388. The van der Waals surface area contributed by atoms with E-state index in [-0.39, 0.29) is 17.8 Å². The number of rotatable bonds is 2. The van der Waals surface area contributed by atoms with E-state index in [1.165, 1.54) is 0 Å². The summed E-state index contributed by atoms with van der Waals surface area (Å²) in [5.74, 6) is -4.09. The predicted molar refractivity (Wildman–Crippen MR) is 95.8 cm³/mol. The third kappa shape index (κ3) is 2.83. The third-order valence-electron chi connectivity index (χ3n) is 5.32. The summed E-state index contributed by atoms with van der Waals surface area (Å²) in [5.41, 5.74) is 9.08. The number of hydrogen-bond donors (Lipinski definition) is 2. The van der Waals surface area contributed by atoms with Crippen molar-refractivity contribution in [2.24, 2.45) is 5.73 Å². The molecule has 0 fully saturated rings. The minimum atomic E-state index is -1.23. The van der Waals surface area contributed by atoms with Crippen LogP contribution in [-0.2, 0) is 12.8 Å². The first-order valence-corrected chi connectivity index (χ1v) is 8.87. The summed E-state index contributed by atoms with van der Waals surface area (Å²) in [6.07, 6.45) is 2.45. The van der Waals surface area contributed by atoms with Crippen molar-refractivity contribution in [3.05, 3.63) is 75.4 Å². The molecule has 0 saturated carbocycles. The predicted octanol–water partition coefficient (Wildman–Crippen LogP) is 2.30. The molecule has 4 aromatic rings. The lowest BCUT2D eigenvalue weighted by Crippen LogP contribution is -2.37. The Kier molecular flexibility index (Phi) is 3.85. The largest absolute Gasteiger partial charge is 0.439 e. The summed E-state index contributed by atoms with van der Waals surface area (Å²) in [6, 6.07) is 4.39. The van der Waals surface area contributed by atoms with Crippen molar-refractivity contribution in [2.45, 2.75) is 24.8 Å². The monoisotopic (exact) mass is 401 g/mol. The molecular weight excluding hydrogens is 387 g/mol. The fourth-order valence-electron chi connectivity index (χ4n) is 3.91. The molecule has 10 heteroatoms. The molecule has 29 heavy (non-hydrogen) atoms. The second-order valence-electron chi connectivity index (χ2n) is 7.06. The number of hydrogen-bond acceptors (Lipinski definition) is 5. The van der Waals surface area contributed by atoms with E-state index >= 15 is 0 Å². The Hall–Kier alpha value is -3.40. The van der Waals surface area contributed by atoms with Crippen molar-refractivity contribution < 1.29 is 17.7 Å². The zero-order valence-corrected chi connectivity index (χ0v) is 14.8. The van der Waals surface area contributed by atoms with Gasteiger partial charge in [0.15, 0.2) is 17.5 Å². The zero-order valence-electron chi connectivity index (χ0n) is 14.8. The van der Waals surface area contributed by atoms with Gasteiger partial charge in [0.05, 0.1) is 5.69 Å². The Morgan fingerprint density at radius 1 is 1.14 bits per heavy atom. The van der Waals surface area contributed by atoms with Crippen LogP contribution >= 0.6 is 0 Å². The van der Waals surface area contributed by atoms with Crippen molar-refractivity contribution in [3.8, 4) is 11.4 Å². The molecular formula is C19H14F3N5O2. The molecule has 0 spiro atoms. The highest BCUT2D eigenvalue weighted by Gasteiger charge is 2.33. The Labute approximate surface area is 161 Å². The molecule has 7 nitrogen and oxygen atoms in total. The van der Waals surface area contributed by atoms with E-state index in [0.717, 1.165) is 11.8 Å². The number of fused-ring (bicyclic) bond motifs is 3. The Bertz CT molecular complexity index is 1310. The van der Waals surface area contributed by atoms with Gasteiger partial charge in [-0.3, -0.25) is 9.51 Å². The Morgan fingerprint density at radius 2 is 1.93 bits per heavy atom. The first-order chi connectivity index (χ1) is 13.9. The molecule has 0 bridgehead atoms. The number of aromatic nitrogens is 4. The van der Waals surface area contributed by atoms with Crippen molar-refractivity contribution in [1.82, 2.24) is 19.5 Å². The van der Waals surface area contributed by atoms with E-state index in [2.05, 4.69) is 19.6 Å². The Morgan fingerprint density at radius 3 is 2.69 bits per heavy atom. The summed E-state index contributed by atoms with van der Waals surface area (Å²) in [7, 11) is 0. The summed E-state index contributed by atoms with van der Waals surface area (Å²) in [6.45, 7) is 0. The van der Waals surface area contributed by atoms with Gasteiger partial charge in [-0.2, -0.15) is 0 Å². The number of pyridine rings is 1. The second kappa shape index (κ2) is 6.31. The molecule has 5 rings (SSSR count). The van der Waals surface area contributed by atoms with Crippen LogP contribution < -0.4 is 11.5 Å². The maximum Gasteiger partial charge on any atom is 0.439 e. The van der Waals surface area contributed by atoms with Crippen LogP contribution in [0.25, 0.3) is 17.0 Å². The fourth-order valence-corrected chi connectivity index (χ4v) is 3.91. The number of H-pyrrole nitrogens is 1. The van der Waals surface area contributed by atoms with Gasteiger partial charge in [-0.05, 0) is 30.2 Å². The quantitative estimate of drug-likeness (QED) is 0.502. The van der Waals surface area contributed by atoms with Crippen LogP contribution in [0.5, 0.6) is 0 Å². The van der Waals surface area contributed by atoms with Crippen LogP contribution in [-0.4, -0.2) is 25.6 Å². The van der Waals surface area contributed by atoms with Crippen LogP contribution in [0.2, 0.25) is 0 Å². The third-order valence-corrected chi connectivity index (χ3v) is 5.32. The lowest BCUT2D eigenvalue weighted by Gasteiger charge is -2.29. The molecule has 1 aliphatic carbocycles. The summed E-state index contributed by atoms with van der Waals surface area (Å²) >= 11 is 0. The molecule has 1 aliphatic rings. The zero-order chi connectivity index (χ0) is 20.3. The molecule has 0 amide bonds. The number of nitrogens with two attached hydrogens (primary N) is 1. The highest BCUT2D eigenvalue weighted by molar-refractivity contribution is 5.61. The number of nitrogens with zero attached hydrogens (tertiary/aromatic N) is 3. The molecule has 0 aliphatic heterocycles. The van der Waals surface area contributed by atoms with Gasteiger partial charge in [0, 0.05) is 41.9 Å². The first kappa shape index (κ1) is 17.7. The maximum atomic E-state index is 14.3. The standard InChI is InChI=1S/C19H14F3N5O2/c20-11-6-13(22)12(21)4-9(11)10-5-15-16(7-14(10)23)27-2-1-8(3-17(27)24-15)18-25-19(28)29-26-18/h1-4,6,10,14H,5,7,23H2,(H,25,26,28). The topological polar surface area (TPSA) is 102 Å². The van der Waals surface area contributed by atoms with E-state index in [1.54, 1.807) is 18.3 Å². The number of halogens is 3. The SMILES string of the molecule is NC1Cc2c(nc3cc(-c4noc(=O)[nH]4)ccn23)CC1c1cc(F)c(F)cc1F. The van der Waals surface area contributed by atoms with Gasteiger partial charge in [-0.1, -0.05) is 5.16 Å². The van der Waals surface area contributed by atoms with E-state index in [4.69, 9.17) is 5.73 Å². The van der Waals surface area contributed by atoms with Gasteiger partial charge in [-0.15, -0.1) is 0 Å². The summed E-state index contributed by atoms with van der Waals surface area (Å²) < 4.78 is 47.6. The van der Waals surface area contributed by atoms with E-state index in [9.17, 15) is 18.0 Å². The van der Waals surface area contributed by atoms with Crippen LogP contribution in [0, 0.1) is 17.5 Å². The van der Waals surface area contributed by atoms with Crippen LogP contribution in [0.15, 0.2) is 39.8 Å². The van der Waals surface area contributed by atoms with Gasteiger partial charge < -0.3 is 10.1 Å². The number of imidazole rings is 1. The van der Waals surface area contributed by atoms with Crippen molar-refractivity contribution in [3.63, 3.8) is 0 Å². The molecule has 3 aromatic heterocycles. The molecule has 1 aromatic carbocycles. The van der Waals surface area contributed by atoms with Crippen molar-refractivity contribution >= 4 is 5.65 Å². The second-order valence-corrected chi connectivity index (χ2v) is 7.06. The smallest absolute Gasteiger partial charge is 0.327 e. The average molecular weight is 401 g/mol. The highest BCUT2D eigenvalue weighted by atomic mass is 19.2. The van der Waals surface area contributed by atoms with Gasteiger partial charge in [0.1, 0.15) is 11.5 Å². The minimum absolute atomic E-state index is 0.0416. The molecule has 148 valence electrons. The van der Waals surface area contributed by atoms with Crippen molar-refractivity contribution in [2.75, 3.05) is 0 Å². The number of nitrogens with one attached hydrogen (secondary N) is 1. The van der Waals surface area contributed by atoms with E-state index in [0.29, 0.717) is 29.4 Å². The molecule has 0 radical (unpaired) electrons. The fraction of sp³-hybridized carbons (Fsp3) is 0.211. The van der Waals surface area contributed by atoms with Crippen LogP contribution in [0.3, 0.4) is 0 Å². The van der Waals surface area contributed by atoms with Gasteiger partial charge in [-0.25, -0.2) is 22.9 Å². The first-order valence-electron chi connectivity index (χ1n) is 8.87.